The SMILES string of the molecule is CCC1(C)CN(C(=O)Nc2ccccn2)CCO1. The molecule has 1 N–H and O–H groups in total. The van der Waals surface area contributed by atoms with E-state index in [0.29, 0.717) is 25.5 Å². The third-order valence-electron chi connectivity index (χ3n) is 3.27. The average Bonchev–Trinajstić information content (AvgIpc) is 2.40. The fourth-order valence-electron chi connectivity index (χ4n) is 1.94. The Bertz CT molecular complexity index is 410. The first-order valence-corrected chi connectivity index (χ1v) is 6.24. The molecule has 0 aliphatic carbocycles. The van der Waals surface area contributed by atoms with Gasteiger partial charge in [0, 0.05) is 12.7 Å². The van der Waals surface area contributed by atoms with Crippen LogP contribution in [0.4, 0.5) is 10.6 Å². The molecule has 0 aromatic carbocycles. The molecular formula is C13H19N3O2. The van der Waals surface area contributed by atoms with Crippen molar-refractivity contribution in [2.75, 3.05) is 25.0 Å². The van der Waals surface area contributed by atoms with E-state index in [9.17, 15) is 4.79 Å². The van der Waals surface area contributed by atoms with Gasteiger partial charge in [-0.15, -0.1) is 0 Å². The summed E-state index contributed by atoms with van der Waals surface area (Å²) >= 11 is 0. The fourth-order valence-corrected chi connectivity index (χ4v) is 1.94. The fraction of sp³-hybridized carbons (Fsp3) is 0.538. The molecule has 2 heterocycles. The molecule has 5 heteroatoms. The van der Waals surface area contributed by atoms with Crippen LogP contribution in [0.15, 0.2) is 24.4 Å². The number of carbonyl (C=O) groups is 1. The molecule has 1 aromatic rings. The van der Waals surface area contributed by atoms with Gasteiger partial charge in [-0.05, 0) is 25.5 Å². The number of nitrogens with one attached hydrogen (secondary N) is 1. The Morgan fingerprint density at radius 1 is 1.61 bits per heavy atom. The predicted octanol–water partition coefficient (Wildman–Crippen LogP) is 2.11. The maximum atomic E-state index is 12.1. The topological polar surface area (TPSA) is 54.5 Å². The van der Waals surface area contributed by atoms with E-state index in [-0.39, 0.29) is 11.6 Å². The zero-order valence-corrected chi connectivity index (χ0v) is 10.8. The van der Waals surface area contributed by atoms with Crippen molar-refractivity contribution in [1.82, 2.24) is 9.88 Å². The number of nitrogens with zero attached hydrogens (tertiary/aromatic N) is 2. The van der Waals surface area contributed by atoms with Crippen LogP contribution in [0.1, 0.15) is 20.3 Å². The number of carbonyl (C=O) groups excluding carboxylic acids is 1. The first-order valence-electron chi connectivity index (χ1n) is 6.24. The first-order chi connectivity index (χ1) is 8.63. The smallest absolute Gasteiger partial charge is 0.323 e. The highest BCUT2D eigenvalue weighted by Gasteiger charge is 2.32. The molecule has 1 atom stereocenters. The van der Waals surface area contributed by atoms with Crippen LogP contribution in [0.25, 0.3) is 0 Å². The van der Waals surface area contributed by atoms with Crippen LogP contribution in [0.5, 0.6) is 0 Å². The minimum absolute atomic E-state index is 0.114. The Balaban J connectivity index is 1.97. The van der Waals surface area contributed by atoms with Gasteiger partial charge in [-0.2, -0.15) is 0 Å². The van der Waals surface area contributed by atoms with Gasteiger partial charge in [-0.1, -0.05) is 13.0 Å². The van der Waals surface area contributed by atoms with Crippen LogP contribution in [-0.2, 0) is 4.74 Å². The second kappa shape index (κ2) is 5.35. The third kappa shape index (κ3) is 2.98. The molecule has 0 radical (unpaired) electrons. The summed E-state index contributed by atoms with van der Waals surface area (Å²) in [7, 11) is 0. The predicted molar refractivity (Wildman–Crippen MR) is 69.5 cm³/mol. The normalized spacial score (nSPS) is 23.8. The Hall–Kier alpha value is -1.62. The third-order valence-corrected chi connectivity index (χ3v) is 3.27. The monoisotopic (exact) mass is 249 g/mol. The van der Waals surface area contributed by atoms with Crippen molar-refractivity contribution in [2.45, 2.75) is 25.9 Å². The Labute approximate surface area is 107 Å². The van der Waals surface area contributed by atoms with Gasteiger partial charge < -0.3 is 9.64 Å². The molecule has 0 saturated carbocycles. The second-order valence-corrected chi connectivity index (χ2v) is 4.72. The summed E-state index contributed by atoms with van der Waals surface area (Å²) in [6, 6.07) is 5.32. The van der Waals surface area contributed by atoms with Crippen LogP contribution >= 0.6 is 0 Å². The van der Waals surface area contributed by atoms with Gasteiger partial charge in [0.1, 0.15) is 5.82 Å². The van der Waals surface area contributed by atoms with Crippen molar-refractivity contribution < 1.29 is 9.53 Å². The van der Waals surface area contributed by atoms with Crippen molar-refractivity contribution >= 4 is 11.8 Å². The van der Waals surface area contributed by atoms with Crippen LogP contribution < -0.4 is 5.32 Å². The second-order valence-electron chi connectivity index (χ2n) is 4.72. The summed E-state index contributed by atoms with van der Waals surface area (Å²) < 4.78 is 5.71. The average molecular weight is 249 g/mol. The van der Waals surface area contributed by atoms with E-state index in [1.54, 1.807) is 17.2 Å². The van der Waals surface area contributed by atoms with E-state index in [2.05, 4.69) is 17.2 Å². The van der Waals surface area contributed by atoms with Crippen LogP contribution in [-0.4, -0.2) is 41.2 Å². The zero-order chi connectivity index (χ0) is 13.0. The van der Waals surface area contributed by atoms with Gasteiger partial charge in [0.05, 0.1) is 18.8 Å². The highest BCUT2D eigenvalue weighted by atomic mass is 16.5. The zero-order valence-electron chi connectivity index (χ0n) is 10.8. The lowest BCUT2D eigenvalue weighted by Crippen LogP contribution is -2.53. The molecule has 1 fully saturated rings. The molecule has 1 saturated heterocycles. The van der Waals surface area contributed by atoms with Crippen molar-refractivity contribution in [2.24, 2.45) is 0 Å². The number of urea groups is 1. The maximum absolute atomic E-state index is 12.1. The molecule has 1 aliphatic rings. The van der Waals surface area contributed by atoms with E-state index in [4.69, 9.17) is 4.74 Å². The van der Waals surface area contributed by atoms with E-state index in [0.717, 1.165) is 6.42 Å². The molecule has 18 heavy (non-hydrogen) atoms. The number of rotatable bonds is 2. The van der Waals surface area contributed by atoms with Crippen LogP contribution in [0.2, 0.25) is 0 Å². The van der Waals surface area contributed by atoms with Crippen LogP contribution in [0, 0.1) is 0 Å². The van der Waals surface area contributed by atoms with Crippen molar-refractivity contribution in [3.05, 3.63) is 24.4 Å². The maximum Gasteiger partial charge on any atom is 0.323 e. The molecule has 1 aromatic heterocycles. The number of morpholine rings is 1. The van der Waals surface area contributed by atoms with Crippen LogP contribution in [0.3, 0.4) is 0 Å². The molecular weight excluding hydrogens is 230 g/mol. The highest BCUT2D eigenvalue weighted by Crippen LogP contribution is 2.21. The number of aromatic nitrogens is 1. The number of ether oxygens (including phenoxy) is 1. The largest absolute Gasteiger partial charge is 0.372 e. The van der Waals surface area contributed by atoms with Gasteiger partial charge in [-0.3, -0.25) is 5.32 Å². The van der Waals surface area contributed by atoms with E-state index in [1.165, 1.54) is 0 Å². The van der Waals surface area contributed by atoms with Gasteiger partial charge in [0.15, 0.2) is 0 Å². The van der Waals surface area contributed by atoms with Gasteiger partial charge >= 0.3 is 6.03 Å². The quantitative estimate of drug-likeness (QED) is 0.873. The highest BCUT2D eigenvalue weighted by molar-refractivity contribution is 5.88. The number of hydrogen-bond acceptors (Lipinski definition) is 3. The lowest BCUT2D eigenvalue weighted by atomic mass is 10.0. The number of anilines is 1. The first kappa shape index (κ1) is 12.8. The standard InChI is InChI=1S/C13H19N3O2/c1-3-13(2)10-16(8-9-18-13)12(17)15-11-6-4-5-7-14-11/h4-7H,3,8-10H2,1-2H3,(H,14,15,17). The van der Waals surface area contributed by atoms with Gasteiger partial charge in [0.25, 0.3) is 0 Å². The van der Waals surface area contributed by atoms with E-state index < -0.39 is 0 Å². The molecule has 2 rings (SSSR count). The van der Waals surface area contributed by atoms with E-state index in [1.807, 2.05) is 19.1 Å². The molecule has 1 unspecified atom stereocenters. The lowest BCUT2D eigenvalue weighted by molar-refractivity contribution is -0.0860. The molecule has 98 valence electrons. The summed E-state index contributed by atoms with van der Waals surface area (Å²) in [5.41, 5.74) is -0.236. The van der Waals surface area contributed by atoms with Gasteiger partial charge in [-0.25, -0.2) is 9.78 Å². The summed E-state index contributed by atoms with van der Waals surface area (Å²) in [6.45, 7) is 5.92. The number of pyridine rings is 1. The summed E-state index contributed by atoms with van der Waals surface area (Å²) in [4.78, 5) is 18.0. The number of hydrogen-bond donors (Lipinski definition) is 1. The molecule has 1 aliphatic heterocycles. The molecule has 5 nitrogen and oxygen atoms in total. The summed E-state index contributed by atoms with van der Waals surface area (Å²) in [6.07, 6.45) is 2.55. The molecule has 2 amide bonds. The van der Waals surface area contributed by atoms with E-state index >= 15 is 0 Å². The Kier molecular flexibility index (Phi) is 3.81. The van der Waals surface area contributed by atoms with Crippen molar-refractivity contribution in [3.8, 4) is 0 Å². The minimum Gasteiger partial charge on any atom is -0.372 e. The number of amides is 2. The Morgan fingerprint density at radius 3 is 3.11 bits per heavy atom. The summed E-state index contributed by atoms with van der Waals surface area (Å²) in [5, 5.41) is 2.79. The lowest BCUT2D eigenvalue weighted by Gasteiger charge is -2.39. The minimum atomic E-state index is -0.236. The van der Waals surface area contributed by atoms with Gasteiger partial charge in [0.2, 0.25) is 0 Å². The molecule has 0 bridgehead atoms. The Morgan fingerprint density at radius 2 is 2.44 bits per heavy atom. The summed E-state index contributed by atoms with van der Waals surface area (Å²) in [5.74, 6) is 0.576. The molecule has 0 spiro atoms. The van der Waals surface area contributed by atoms with Crippen molar-refractivity contribution in [3.63, 3.8) is 0 Å². The van der Waals surface area contributed by atoms with Crippen molar-refractivity contribution in [1.29, 1.82) is 0 Å².